The predicted molar refractivity (Wildman–Crippen MR) is 210 cm³/mol. The standard InChI is InChI=1S/C40H57N9O4/c1-26(41-5)37(50)46-35(40(2,3)4)39(52)49(38(51)31-11-10-18-42-31)33-23-30-32(24-34(33)53-6)43-25-44-36(30)45-27-12-14-28(15-13-27)48-21-16-29(17-22-48)47-19-8-7-9-20-47/h12-15,23-26,29,31,35,41-42H,7-11,16-22H2,1-6H3,(H,46,50)(H,43,44,45)/t26-,31-,35+/m0/s1. The highest BCUT2D eigenvalue weighted by Gasteiger charge is 2.42. The van der Waals surface area contributed by atoms with Crippen molar-refractivity contribution in [3.63, 3.8) is 0 Å². The van der Waals surface area contributed by atoms with Crippen LogP contribution in [0.2, 0.25) is 0 Å². The summed E-state index contributed by atoms with van der Waals surface area (Å²) in [5.41, 5.74) is 2.17. The van der Waals surface area contributed by atoms with E-state index in [1.54, 1.807) is 26.1 Å². The number of benzene rings is 2. The molecular formula is C40H57N9O4. The van der Waals surface area contributed by atoms with E-state index in [9.17, 15) is 14.4 Å². The number of aromatic nitrogens is 2. The summed E-state index contributed by atoms with van der Waals surface area (Å²) in [5, 5.41) is 13.2. The Morgan fingerprint density at radius 1 is 0.962 bits per heavy atom. The van der Waals surface area contributed by atoms with Gasteiger partial charge in [0.15, 0.2) is 0 Å². The summed E-state index contributed by atoms with van der Waals surface area (Å²) in [7, 11) is 3.18. The van der Waals surface area contributed by atoms with Crippen molar-refractivity contribution in [2.24, 2.45) is 5.41 Å². The van der Waals surface area contributed by atoms with Gasteiger partial charge in [0.05, 0.1) is 30.4 Å². The summed E-state index contributed by atoms with van der Waals surface area (Å²) in [6.07, 6.45) is 9.27. The van der Waals surface area contributed by atoms with E-state index in [1.165, 1.54) is 69.2 Å². The van der Waals surface area contributed by atoms with Gasteiger partial charge >= 0.3 is 0 Å². The van der Waals surface area contributed by atoms with Crippen molar-refractivity contribution in [3.8, 4) is 5.75 Å². The first-order valence-electron chi connectivity index (χ1n) is 19.3. The van der Waals surface area contributed by atoms with Crippen LogP contribution >= 0.6 is 0 Å². The van der Waals surface area contributed by atoms with Gasteiger partial charge in [0.2, 0.25) is 5.91 Å². The van der Waals surface area contributed by atoms with Crippen LogP contribution in [0, 0.1) is 5.41 Å². The summed E-state index contributed by atoms with van der Waals surface area (Å²) >= 11 is 0. The van der Waals surface area contributed by atoms with E-state index < -0.39 is 35.4 Å². The number of anilines is 4. The van der Waals surface area contributed by atoms with E-state index in [0.29, 0.717) is 41.5 Å². The van der Waals surface area contributed by atoms with Crippen LogP contribution in [0.15, 0.2) is 42.7 Å². The maximum atomic E-state index is 14.7. The van der Waals surface area contributed by atoms with E-state index in [1.807, 2.05) is 20.8 Å². The second-order valence-corrected chi connectivity index (χ2v) is 15.7. The topological polar surface area (TPSA) is 144 Å². The van der Waals surface area contributed by atoms with E-state index in [0.717, 1.165) is 25.2 Å². The zero-order valence-corrected chi connectivity index (χ0v) is 32.2. The molecule has 3 saturated heterocycles. The highest BCUT2D eigenvalue weighted by atomic mass is 16.5. The predicted octanol–water partition coefficient (Wildman–Crippen LogP) is 4.59. The molecule has 1 aromatic heterocycles. The SMILES string of the molecule is CN[C@@H](C)C(=O)N[C@H](C(=O)N(C(=O)[C@@H]1CCCN1)c1cc2c(Nc3ccc(N4CCC(N5CCCCC5)CC4)cc3)ncnc2cc1OC)C(C)(C)C. The minimum atomic E-state index is -1.02. The fourth-order valence-corrected chi connectivity index (χ4v) is 7.75. The Labute approximate surface area is 313 Å². The number of likely N-dealkylation sites (tertiary alicyclic amines) is 1. The number of methoxy groups -OCH3 is 1. The lowest BCUT2D eigenvalue weighted by atomic mass is 9.85. The van der Waals surface area contributed by atoms with Gasteiger partial charge in [0.25, 0.3) is 11.8 Å². The number of hydrogen-bond donors (Lipinski definition) is 4. The molecule has 3 fully saturated rings. The second kappa shape index (κ2) is 16.8. The van der Waals surface area contributed by atoms with Crippen LogP contribution in [0.4, 0.5) is 22.9 Å². The largest absolute Gasteiger partial charge is 0.494 e. The molecule has 3 aliphatic heterocycles. The minimum absolute atomic E-state index is 0.259. The Balaban J connectivity index is 1.29. The van der Waals surface area contributed by atoms with Crippen molar-refractivity contribution < 1.29 is 19.1 Å². The molecule has 0 radical (unpaired) electrons. The lowest BCUT2D eigenvalue weighted by Gasteiger charge is -2.41. The molecule has 4 N–H and O–H groups in total. The van der Waals surface area contributed by atoms with Gasteiger partial charge < -0.3 is 35.8 Å². The summed E-state index contributed by atoms with van der Waals surface area (Å²) in [6, 6.07) is 10.4. The van der Waals surface area contributed by atoms with Crippen molar-refractivity contribution in [1.82, 2.24) is 30.8 Å². The first-order valence-corrected chi connectivity index (χ1v) is 19.3. The molecule has 4 heterocycles. The number of nitrogens with zero attached hydrogens (tertiary/aromatic N) is 5. The molecule has 0 spiro atoms. The number of carbonyl (C=O) groups is 3. The number of likely N-dealkylation sites (N-methyl/N-ethyl adjacent to an activating group) is 1. The molecular weight excluding hydrogens is 670 g/mol. The number of imide groups is 1. The van der Waals surface area contributed by atoms with E-state index in [2.05, 4.69) is 65.3 Å². The van der Waals surface area contributed by atoms with Crippen LogP contribution in [0.1, 0.15) is 72.6 Å². The smallest absolute Gasteiger partial charge is 0.257 e. The van der Waals surface area contributed by atoms with Crippen LogP contribution in [0.25, 0.3) is 10.9 Å². The monoisotopic (exact) mass is 727 g/mol. The molecule has 286 valence electrons. The maximum absolute atomic E-state index is 14.7. The van der Waals surface area contributed by atoms with Gasteiger partial charge in [-0.05, 0) is 108 Å². The van der Waals surface area contributed by atoms with Crippen LogP contribution in [-0.4, -0.2) is 104 Å². The summed E-state index contributed by atoms with van der Waals surface area (Å²) in [5.74, 6) is -0.468. The van der Waals surface area contributed by atoms with Crippen LogP contribution in [-0.2, 0) is 14.4 Å². The summed E-state index contributed by atoms with van der Waals surface area (Å²) in [6.45, 7) is 12.6. The Hall–Kier alpha value is -4.33. The van der Waals surface area contributed by atoms with Gasteiger partial charge in [0, 0.05) is 42.0 Å². The Kier molecular flexibility index (Phi) is 12.2. The van der Waals surface area contributed by atoms with E-state index in [-0.39, 0.29) is 11.6 Å². The molecule has 6 rings (SSSR count). The molecule has 0 aliphatic carbocycles. The van der Waals surface area contributed by atoms with E-state index >= 15 is 0 Å². The van der Waals surface area contributed by atoms with Gasteiger partial charge in [-0.2, -0.15) is 0 Å². The van der Waals surface area contributed by atoms with Crippen molar-refractivity contribution in [3.05, 3.63) is 42.7 Å². The third-order valence-corrected chi connectivity index (χ3v) is 11.1. The normalized spacial score (nSPS) is 19.8. The molecule has 0 unspecified atom stereocenters. The van der Waals surface area contributed by atoms with Gasteiger partial charge in [-0.25, -0.2) is 14.9 Å². The lowest BCUT2D eigenvalue weighted by molar-refractivity contribution is -0.134. The number of carbonyl (C=O) groups excluding carboxylic acids is 3. The van der Waals surface area contributed by atoms with Gasteiger partial charge in [0.1, 0.15) is 23.9 Å². The molecule has 13 nitrogen and oxygen atoms in total. The molecule has 0 bridgehead atoms. The fourth-order valence-electron chi connectivity index (χ4n) is 7.75. The molecule has 3 aliphatic rings. The molecule has 13 heteroatoms. The molecule has 53 heavy (non-hydrogen) atoms. The molecule has 3 atom stereocenters. The average Bonchev–Trinajstić information content (AvgIpc) is 3.72. The number of amides is 3. The number of rotatable bonds is 11. The van der Waals surface area contributed by atoms with E-state index in [4.69, 9.17) is 4.74 Å². The first-order chi connectivity index (χ1) is 25.5. The van der Waals surface area contributed by atoms with Crippen LogP contribution in [0.3, 0.4) is 0 Å². The first kappa shape index (κ1) is 38.4. The molecule has 2 aromatic carbocycles. The van der Waals surface area contributed by atoms with Gasteiger partial charge in [-0.15, -0.1) is 0 Å². The van der Waals surface area contributed by atoms with Gasteiger partial charge in [-0.1, -0.05) is 27.2 Å². The second-order valence-electron chi connectivity index (χ2n) is 15.7. The third kappa shape index (κ3) is 8.74. The number of piperidine rings is 2. The van der Waals surface area contributed by atoms with Gasteiger partial charge in [-0.3, -0.25) is 14.4 Å². The lowest BCUT2D eigenvalue weighted by Crippen LogP contribution is -2.60. The highest BCUT2D eigenvalue weighted by Crippen LogP contribution is 2.38. The highest BCUT2D eigenvalue weighted by molar-refractivity contribution is 6.20. The molecule has 0 saturated carbocycles. The Morgan fingerprint density at radius 2 is 1.68 bits per heavy atom. The minimum Gasteiger partial charge on any atom is -0.494 e. The van der Waals surface area contributed by atoms with Crippen molar-refractivity contribution >= 4 is 51.5 Å². The summed E-state index contributed by atoms with van der Waals surface area (Å²) in [4.78, 5) is 57.6. The number of nitrogens with one attached hydrogen (secondary N) is 4. The van der Waals surface area contributed by atoms with Crippen LogP contribution in [0.5, 0.6) is 5.75 Å². The zero-order valence-electron chi connectivity index (χ0n) is 32.2. The molecule has 3 aromatic rings. The third-order valence-electron chi connectivity index (χ3n) is 11.1. The number of hydrogen-bond acceptors (Lipinski definition) is 11. The number of ether oxygens (including phenoxy) is 1. The Morgan fingerprint density at radius 3 is 2.30 bits per heavy atom. The quantitative estimate of drug-likeness (QED) is 0.220. The van der Waals surface area contributed by atoms with Crippen LogP contribution < -0.4 is 35.8 Å². The van der Waals surface area contributed by atoms with Crippen molar-refractivity contribution in [1.29, 1.82) is 0 Å². The van der Waals surface area contributed by atoms with Crippen molar-refractivity contribution in [2.45, 2.75) is 96.8 Å². The maximum Gasteiger partial charge on any atom is 0.257 e. The molecule has 3 amide bonds. The fraction of sp³-hybridized carbons (Fsp3) is 0.575. The zero-order chi connectivity index (χ0) is 37.7. The van der Waals surface area contributed by atoms with Crippen molar-refractivity contribution in [2.75, 3.05) is 62.0 Å². The Bertz CT molecular complexity index is 1740. The number of fused-ring (bicyclic) bond motifs is 1. The average molecular weight is 728 g/mol. The summed E-state index contributed by atoms with van der Waals surface area (Å²) < 4.78 is 5.82.